The number of hydrogen-bond acceptors (Lipinski definition) is 3. The Hall–Kier alpha value is -1.90. The van der Waals surface area contributed by atoms with Crippen molar-refractivity contribution >= 4 is 22.9 Å². The average molecular weight is 399 g/mol. The summed E-state index contributed by atoms with van der Waals surface area (Å²) in [5.41, 5.74) is -0.621. The van der Waals surface area contributed by atoms with Gasteiger partial charge in [0.25, 0.3) is 5.91 Å². The van der Waals surface area contributed by atoms with Crippen LogP contribution in [0, 0.1) is 0 Å². The number of thiophene rings is 1. The normalized spacial score (nSPS) is 18.4. The lowest BCUT2D eigenvalue weighted by Gasteiger charge is -2.21. The molecule has 8 heteroatoms. The minimum atomic E-state index is -4.43. The predicted molar refractivity (Wildman–Crippen MR) is 97.8 cm³/mol. The topological polar surface area (TPSA) is 42.8 Å². The number of ether oxygens (including phenoxy) is 1. The summed E-state index contributed by atoms with van der Waals surface area (Å²) in [6.45, 7) is 2.31. The maximum absolute atomic E-state index is 12.8. The van der Waals surface area contributed by atoms with Crippen LogP contribution >= 0.6 is 11.3 Å². The van der Waals surface area contributed by atoms with Crippen LogP contribution in [-0.2, 0) is 22.3 Å². The summed E-state index contributed by atoms with van der Waals surface area (Å²) in [6, 6.07) is 8.68. The molecule has 4 nitrogen and oxygen atoms in total. The smallest absolute Gasteiger partial charge is 0.372 e. The van der Waals surface area contributed by atoms with Gasteiger partial charge in [0.05, 0.1) is 10.4 Å². The van der Waals surface area contributed by atoms with Gasteiger partial charge in [-0.2, -0.15) is 13.2 Å². The van der Waals surface area contributed by atoms with Crippen LogP contribution in [0.1, 0.15) is 23.3 Å². The number of nitrogens with one attached hydrogen (secondary N) is 2. The van der Waals surface area contributed by atoms with Gasteiger partial charge >= 0.3 is 6.18 Å². The number of carbonyl (C=O) groups excluding carboxylic acids is 1. The van der Waals surface area contributed by atoms with Crippen molar-refractivity contribution in [3.05, 3.63) is 52.2 Å². The molecule has 2 heterocycles. The highest BCUT2D eigenvalue weighted by Crippen LogP contribution is 2.30. The Morgan fingerprint density at radius 1 is 1.30 bits per heavy atom. The highest BCUT2D eigenvalue weighted by molar-refractivity contribution is 7.09. The zero-order valence-corrected chi connectivity index (χ0v) is 15.5. The van der Waals surface area contributed by atoms with E-state index in [0.717, 1.165) is 41.4 Å². The molecule has 0 spiro atoms. The zero-order chi connectivity index (χ0) is 19.3. The van der Waals surface area contributed by atoms with Gasteiger partial charge in [0.2, 0.25) is 0 Å². The van der Waals surface area contributed by atoms with E-state index in [9.17, 15) is 18.0 Å². The van der Waals surface area contributed by atoms with Gasteiger partial charge in [-0.1, -0.05) is 12.1 Å². The number of rotatable bonds is 7. The van der Waals surface area contributed by atoms with E-state index in [1.807, 2.05) is 17.5 Å². The van der Waals surface area contributed by atoms with Crippen molar-refractivity contribution in [2.45, 2.75) is 31.7 Å². The van der Waals surface area contributed by atoms with Crippen LogP contribution in [0.25, 0.3) is 0 Å². The van der Waals surface area contributed by atoms with Gasteiger partial charge in [0, 0.05) is 12.3 Å². The molecule has 1 unspecified atom stereocenters. The van der Waals surface area contributed by atoms with Crippen LogP contribution in [0.15, 0.2) is 41.8 Å². The summed E-state index contributed by atoms with van der Waals surface area (Å²) >= 11 is 1.63. The van der Waals surface area contributed by atoms with Gasteiger partial charge in [-0.05, 0) is 42.5 Å². The van der Waals surface area contributed by atoms with E-state index in [-0.39, 0.29) is 24.2 Å². The summed E-state index contributed by atoms with van der Waals surface area (Å²) < 4.78 is 44.2. The third kappa shape index (κ3) is 6.05. The molecule has 1 amide bonds. The van der Waals surface area contributed by atoms with E-state index in [1.54, 1.807) is 11.3 Å². The lowest BCUT2D eigenvalue weighted by Crippen LogP contribution is -3.12. The molecule has 146 valence electrons. The molecule has 1 aliphatic heterocycles. The summed E-state index contributed by atoms with van der Waals surface area (Å²) in [5.74, 6) is -0.307. The molecule has 1 aliphatic rings. The number of carbonyl (C=O) groups is 1. The monoisotopic (exact) mass is 399 g/mol. The second kappa shape index (κ2) is 8.86. The van der Waals surface area contributed by atoms with Gasteiger partial charge in [0.1, 0.15) is 19.2 Å². The first-order valence-electron chi connectivity index (χ1n) is 8.85. The van der Waals surface area contributed by atoms with E-state index in [1.165, 1.54) is 12.1 Å². The number of quaternary nitrogens is 1. The summed E-state index contributed by atoms with van der Waals surface area (Å²) in [4.78, 5) is 14.6. The van der Waals surface area contributed by atoms with E-state index in [4.69, 9.17) is 4.74 Å². The Balaban J connectivity index is 1.62. The first-order valence-corrected chi connectivity index (χ1v) is 9.73. The summed E-state index contributed by atoms with van der Waals surface area (Å²) in [7, 11) is 0. The number of halogens is 3. The Bertz CT molecular complexity index is 744. The molecule has 2 N–H and O–H groups in total. The summed E-state index contributed by atoms with van der Waals surface area (Å²) in [6.07, 6.45) is -2.31. The molecule has 0 bridgehead atoms. The first-order chi connectivity index (χ1) is 12.9. The van der Waals surface area contributed by atoms with Crippen LogP contribution in [-0.4, -0.2) is 31.7 Å². The second-order valence-corrected chi connectivity index (χ2v) is 7.68. The number of benzene rings is 1. The number of amides is 1. The van der Waals surface area contributed by atoms with Crippen molar-refractivity contribution in [3.63, 3.8) is 0 Å². The van der Waals surface area contributed by atoms with Gasteiger partial charge in [0.15, 0.2) is 6.54 Å². The molecule has 2 atom stereocenters. The Morgan fingerprint density at radius 3 is 2.81 bits per heavy atom. The SMILES string of the molecule is O=C(C[NH+](Cc1cccs1)C[C@H]1CCCO1)Nc1cccc(C(F)(F)F)c1. The summed E-state index contributed by atoms with van der Waals surface area (Å²) in [5, 5.41) is 4.58. The van der Waals surface area contributed by atoms with Gasteiger partial charge < -0.3 is 15.0 Å². The Kier molecular flexibility index (Phi) is 6.51. The van der Waals surface area contributed by atoms with Gasteiger partial charge in [-0.3, -0.25) is 4.79 Å². The molecule has 1 aromatic heterocycles. The quantitative estimate of drug-likeness (QED) is 0.752. The predicted octanol–water partition coefficient (Wildman–Crippen LogP) is 2.97. The lowest BCUT2D eigenvalue weighted by molar-refractivity contribution is -0.908. The van der Waals surface area contributed by atoms with Gasteiger partial charge in [-0.25, -0.2) is 0 Å². The number of hydrogen-bond donors (Lipinski definition) is 2. The molecule has 2 aromatic rings. The molecular formula is C19H22F3N2O2S+. The van der Waals surface area contributed by atoms with Crippen molar-refractivity contribution in [3.8, 4) is 0 Å². The molecule has 3 rings (SSSR count). The molecule has 0 saturated carbocycles. The zero-order valence-electron chi connectivity index (χ0n) is 14.7. The average Bonchev–Trinajstić information content (AvgIpc) is 3.28. The van der Waals surface area contributed by atoms with E-state index >= 15 is 0 Å². The largest absolute Gasteiger partial charge is 0.416 e. The molecular weight excluding hydrogens is 377 g/mol. The van der Waals surface area contributed by atoms with Crippen molar-refractivity contribution in [2.24, 2.45) is 0 Å². The lowest BCUT2D eigenvalue weighted by atomic mass is 10.2. The highest BCUT2D eigenvalue weighted by Gasteiger charge is 2.30. The van der Waals surface area contributed by atoms with E-state index < -0.39 is 11.7 Å². The minimum absolute atomic E-state index is 0.126. The van der Waals surface area contributed by atoms with Crippen molar-refractivity contribution < 1.29 is 27.6 Å². The maximum atomic E-state index is 12.8. The van der Waals surface area contributed by atoms with Crippen LogP contribution in [0.5, 0.6) is 0 Å². The molecule has 1 fully saturated rings. The third-order valence-corrected chi connectivity index (χ3v) is 5.31. The molecule has 1 saturated heterocycles. The van der Waals surface area contributed by atoms with Gasteiger partial charge in [-0.15, -0.1) is 11.3 Å². The molecule has 1 aromatic carbocycles. The molecule has 0 radical (unpaired) electrons. The maximum Gasteiger partial charge on any atom is 0.416 e. The van der Waals surface area contributed by atoms with Crippen LogP contribution in [0.4, 0.5) is 18.9 Å². The van der Waals surface area contributed by atoms with Crippen LogP contribution < -0.4 is 10.2 Å². The minimum Gasteiger partial charge on any atom is -0.372 e. The first kappa shape index (κ1) is 19.9. The van der Waals surface area contributed by atoms with Crippen molar-refractivity contribution in [2.75, 3.05) is 25.0 Å². The van der Waals surface area contributed by atoms with E-state index in [2.05, 4.69) is 5.32 Å². The molecule has 27 heavy (non-hydrogen) atoms. The Labute approximate surface area is 159 Å². The number of anilines is 1. The fourth-order valence-electron chi connectivity index (χ4n) is 3.20. The second-order valence-electron chi connectivity index (χ2n) is 6.65. The third-order valence-electron chi connectivity index (χ3n) is 4.43. The number of alkyl halides is 3. The fourth-order valence-corrected chi connectivity index (χ4v) is 3.98. The fraction of sp³-hybridized carbons (Fsp3) is 0.421. The van der Waals surface area contributed by atoms with Crippen LogP contribution in [0.2, 0.25) is 0 Å². The van der Waals surface area contributed by atoms with Crippen LogP contribution in [0.3, 0.4) is 0 Å². The van der Waals surface area contributed by atoms with E-state index in [0.29, 0.717) is 13.1 Å². The van der Waals surface area contributed by atoms with Crippen molar-refractivity contribution in [1.82, 2.24) is 0 Å². The molecule has 0 aliphatic carbocycles. The Morgan fingerprint density at radius 2 is 2.15 bits per heavy atom. The standard InChI is InChI=1S/C19H21F3N2O2S/c20-19(21,22)14-4-1-5-15(10-14)23-18(25)13-24(11-16-6-2-8-26-16)12-17-7-3-9-27-17/h1,3-5,7,9-10,16H,2,6,8,11-13H2,(H,23,25)/p+1/t16-/m1/s1. The highest BCUT2D eigenvalue weighted by atomic mass is 32.1. The van der Waals surface area contributed by atoms with Crippen molar-refractivity contribution in [1.29, 1.82) is 0 Å².